The standard InChI is InChI=1S/C27H19NO2/c28-18-24(27(29)21-10-2-1-3-11-21)17-22-12-5-7-16-26(22)30-19-23-14-8-13-20-9-4-6-15-25(20)23/h1-17H,19H2/b24-17+. The second-order valence-electron chi connectivity index (χ2n) is 6.83. The SMILES string of the molecule is N#C/C(=C\c1ccccc1OCc1cccc2ccccc12)C(=O)c1ccccc1. The normalized spacial score (nSPS) is 11.1. The molecule has 0 radical (unpaired) electrons. The first-order chi connectivity index (χ1) is 14.8. The zero-order valence-electron chi connectivity index (χ0n) is 16.3. The van der Waals surface area contributed by atoms with Crippen LogP contribution in [-0.4, -0.2) is 5.78 Å². The number of hydrogen-bond donors (Lipinski definition) is 0. The summed E-state index contributed by atoms with van der Waals surface area (Å²) in [6.45, 7) is 0.390. The van der Waals surface area contributed by atoms with Crippen molar-refractivity contribution >= 4 is 22.6 Å². The number of allylic oxidation sites excluding steroid dienone is 1. The zero-order chi connectivity index (χ0) is 20.8. The van der Waals surface area contributed by atoms with Crippen LogP contribution in [0.2, 0.25) is 0 Å². The van der Waals surface area contributed by atoms with E-state index >= 15 is 0 Å². The highest BCUT2D eigenvalue weighted by Crippen LogP contribution is 2.25. The number of ether oxygens (including phenoxy) is 1. The Morgan fingerprint density at radius 3 is 2.37 bits per heavy atom. The van der Waals surface area contributed by atoms with Gasteiger partial charge in [-0.15, -0.1) is 0 Å². The number of hydrogen-bond acceptors (Lipinski definition) is 3. The van der Waals surface area contributed by atoms with Crippen LogP contribution in [0.25, 0.3) is 16.8 Å². The van der Waals surface area contributed by atoms with Crippen molar-refractivity contribution in [1.29, 1.82) is 5.26 Å². The number of nitrogens with zero attached hydrogens (tertiary/aromatic N) is 1. The molecule has 0 bridgehead atoms. The van der Waals surface area contributed by atoms with Gasteiger partial charge in [0.15, 0.2) is 0 Å². The quantitative estimate of drug-likeness (QED) is 0.224. The van der Waals surface area contributed by atoms with Gasteiger partial charge in [-0.05, 0) is 28.5 Å². The highest BCUT2D eigenvalue weighted by Gasteiger charge is 2.13. The van der Waals surface area contributed by atoms with Crippen molar-refractivity contribution in [2.24, 2.45) is 0 Å². The first-order valence-electron chi connectivity index (χ1n) is 9.66. The minimum Gasteiger partial charge on any atom is -0.488 e. The van der Waals surface area contributed by atoms with Gasteiger partial charge in [-0.25, -0.2) is 0 Å². The second-order valence-corrected chi connectivity index (χ2v) is 6.83. The molecule has 0 saturated heterocycles. The molecule has 0 unspecified atom stereocenters. The van der Waals surface area contributed by atoms with E-state index in [1.807, 2.05) is 60.7 Å². The van der Waals surface area contributed by atoms with Gasteiger partial charge in [-0.3, -0.25) is 4.79 Å². The minimum absolute atomic E-state index is 0.0717. The monoisotopic (exact) mass is 389 g/mol. The third-order valence-corrected chi connectivity index (χ3v) is 4.88. The zero-order valence-corrected chi connectivity index (χ0v) is 16.3. The molecule has 4 rings (SSSR count). The number of benzene rings is 4. The van der Waals surface area contributed by atoms with E-state index in [1.54, 1.807) is 30.3 Å². The summed E-state index contributed by atoms with van der Waals surface area (Å²) in [5.74, 6) is 0.320. The molecule has 0 aromatic heterocycles. The van der Waals surface area contributed by atoms with Gasteiger partial charge < -0.3 is 4.74 Å². The summed E-state index contributed by atoms with van der Waals surface area (Å²) in [4.78, 5) is 12.7. The summed E-state index contributed by atoms with van der Waals surface area (Å²) >= 11 is 0. The lowest BCUT2D eigenvalue weighted by atomic mass is 10.0. The number of ketones is 1. The Kier molecular flexibility index (Phi) is 5.68. The molecular formula is C27H19NO2. The van der Waals surface area contributed by atoms with Crippen LogP contribution >= 0.6 is 0 Å². The fourth-order valence-corrected chi connectivity index (χ4v) is 3.35. The summed E-state index contributed by atoms with van der Waals surface area (Å²) in [5.41, 5.74) is 2.33. The first kappa shape index (κ1) is 19.2. The van der Waals surface area contributed by atoms with E-state index in [2.05, 4.69) is 18.2 Å². The first-order valence-corrected chi connectivity index (χ1v) is 9.66. The van der Waals surface area contributed by atoms with E-state index in [-0.39, 0.29) is 11.4 Å². The van der Waals surface area contributed by atoms with Gasteiger partial charge in [-0.2, -0.15) is 5.26 Å². The minimum atomic E-state index is -0.304. The maximum absolute atomic E-state index is 12.7. The smallest absolute Gasteiger partial charge is 0.203 e. The number of nitriles is 1. The van der Waals surface area contributed by atoms with Crippen molar-refractivity contribution in [1.82, 2.24) is 0 Å². The Bertz CT molecular complexity index is 1260. The van der Waals surface area contributed by atoms with Gasteiger partial charge in [0, 0.05) is 11.1 Å². The average Bonchev–Trinajstić information content (AvgIpc) is 2.82. The summed E-state index contributed by atoms with van der Waals surface area (Å²) in [6.07, 6.45) is 1.59. The van der Waals surface area contributed by atoms with Crippen molar-refractivity contribution in [3.05, 3.63) is 119 Å². The lowest BCUT2D eigenvalue weighted by molar-refractivity contribution is 0.104. The number of para-hydroxylation sites is 1. The number of carbonyl (C=O) groups is 1. The van der Waals surface area contributed by atoms with Crippen LogP contribution in [-0.2, 0) is 6.61 Å². The van der Waals surface area contributed by atoms with Crippen molar-refractivity contribution in [3.63, 3.8) is 0 Å². The third-order valence-electron chi connectivity index (χ3n) is 4.88. The predicted molar refractivity (Wildman–Crippen MR) is 119 cm³/mol. The number of rotatable bonds is 6. The van der Waals surface area contributed by atoms with Crippen molar-refractivity contribution in [3.8, 4) is 11.8 Å². The Morgan fingerprint density at radius 1 is 0.833 bits per heavy atom. The molecular weight excluding hydrogens is 370 g/mol. The van der Waals surface area contributed by atoms with Gasteiger partial charge in [-0.1, -0.05) is 91.0 Å². The Morgan fingerprint density at radius 2 is 1.53 bits per heavy atom. The Balaban J connectivity index is 1.62. The van der Waals surface area contributed by atoms with Gasteiger partial charge in [0.25, 0.3) is 0 Å². The molecule has 0 N–H and O–H groups in total. The summed E-state index contributed by atoms with van der Waals surface area (Å²) in [7, 11) is 0. The highest BCUT2D eigenvalue weighted by atomic mass is 16.5. The predicted octanol–water partition coefficient (Wildman–Crippen LogP) is 6.21. The lowest BCUT2D eigenvalue weighted by Crippen LogP contribution is -2.02. The van der Waals surface area contributed by atoms with Crippen molar-refractivity contribution in [2.75, 3.05) is 0 Å². The number of carbonyl (C=O) groups excluding carboxylic acids is 1. The van der Waals surface area contributed by atoms with Gasteiger partial charge in [0.2, 0.25) is 5.78 Å². The second kappa shape index (κ2) is 8.89. The van der Waals surface area contributed by atoms with Crippen LogP contribution in [0.3, 0.4) is 0 Å². The molecule has 30 heavy (non-hydrogen) atoms. The van der Waals surface area contributed by atoms with E-state index < -0.39 is 0 Å². The molecule has 4 aromatic carbocycles. The molecule has 0 heterocycles. The molecule has 0 atom stereocenters. The third kappa shape index (κ3) is 4.14. The molecule has 144 valence electrons. The van der Waals surface area contributed by atoms with E-state index in [9.17, 15) is 10.1 Å². The molecule has 3 heteroatoms. The summed E-state index contributed by atoms with van der Waals surface area (Å²) in [5, 5.41) is 11.9. The molecule has 0 aliphatic rings. The number of Topliss-reactive ketones (excluding diaryl/α,β-unsaturated/α-hetero) is 1. The molecule has 0 spiro atoms. The van der Waals surface area contributed by atoms with Crippen molar-refractivity contribution < 1.29 is 9.53 Å². The van der Waals surface area contributed by atoms with Crippen LogP contribution in [0.4, 0.5) is 0 Å². The van der Waals surface area contributed by atoms with Gasteiger partial charge in [0.1, 0.15) is 24.0 Å². The molecule has 0 aliphatic heterocycles. The number of fused-ring (bicyclic) bond motifs is 1. The van der Waals surface area contributed by atoms with E-state index in [0.29, 0.717) is 23.5 Å². The summed E-state index contributed by atoms with van der Waals surface area (Å²) in [6, 6.07) is 32.6. The van der Waals surface area contributed by atoms with E-state index in [4.69, 9.17) is 4.74 Å². The van der Waals surface area contributed by atoms with Crippen LogP contribution < -0.4 is 4.74 Å². The van der Waals surface area contributed by atoms with Crippen LogP contribution in [0.15, 0.2) is 103 Å². The maximum atomic E-state index is 12.7. The highest BCUT2D eigenvalue weighted by molar-refractivity contribution is 6.14. The average molecular weight is 389 g/mol. The molecule has 3 nitrogen and oxygen atoms in total. The molecule has 0 aliphatic carbocycles. The van der Waals surface area contributed by atoms with E-state index in [1.165, 1.54) is 0 Å². The molecule has 4 aromatic rings. The van der Waals surface area contributed by atoms with Gasteiger partial charge in [0.05, 0.1) is 0 Å². The largest absolute Gasteiger partial charge is 0.488 e. The van der Waals surface area contributed by atoms with Crippen LogP contribution in [0.1, 0.15) is 21.5 Å². The lowest BCUT2D eigenvalue weighted by Gasteiger charge is -2.11. The van der Waals surface area contributed by atoms with E-state index in [0.717, 1.165) is 16.3 Å². The topological polar surface area (TPSA) is 50.1 Å². The fraction of sp³-hybridized carbons (Fsp3) is 0.0370. The fourth-order valence-electron chi connectivity index (χ4n) is 3.35. The van der Waals surface area contributed by atoms with Gasteiger partial charge >= 0.3 is 0 Å². The van der Waals surface area contributed by atoms with Crippen LogP contribution in [0, 0.1) is 11.3 Å². The maximum Gasteiger partial charge on any atom is 0.203 e. The van der Waals surface area contributed by atoms with Crippen molar-refractivity contribution in [2.45, 2.75) is 6.61 Å². The molecule has 0 fully saturated rings. The Labute approximate surface area is 175 Å². The molecule has 0 amide bonds. The summed E-state index contributed by atoms with van der Waals surface area (Å²) < 4.78 is 6.10. The molecule has 0 saturated carbocycles. The van der Waals surface area contributed by atoms with Crippen LogP contribution in [0.5, 0.6) is 5.75 Å². The Hall–Kier alpha value is -4.16.